The van der Waals surface area contributed by atoms with Gasteiger partial charge in [0.25, 0.3) is 5.56 Å². The third-order valence-corrected chi connectivity index (χ3v) is 5.79. The molecule has 0 aliphatic heterocycles. The van der Waals surface area contributed by atoms with Crippen LogP contribution in [0.3, 0.4) is 0 Å². The number of rotatable bonds is 7. The van der Waals surface area contributed by atoms with Gasteiger partial charge in [-0.3, -0.25) is 9.36 Å². The number of hydrogen-bond acceptors (Lipinski definition) is 7. The summed E-state index contributed by atoms with van der Waals surface area (Å²) in [6, 6.07) is 14.8. The van der Waals surface area contributed by atoms with Crippen LogP contribution in [-0.4, -0.2) is 26.3 Å². The van der Waals surface area contributed by atoms with E-state index in [2.05, 4.69) is 10.1 Å². The highest BCUT2D eigenvalue weighted by Gasteiger charge is 2.22. The first kappa shape index (κ1) is 21.1. The molecule has 0 fully saturated rings. The summed E-state index contributed by atoms with van der Waals surface area (Å²) in [6.45, 7) is 8.39. The van der Waals surface area contributed by atoms with Gasteiger partial charge < -0.3 is 9.26 Å². The lowest BCUT2D eigenvalue weighted by atomic mass is 10.2. The zero-order valence-electron chi connectivity index (χ0n) is 17.9. The Bertz CT molecular complexity index is 1270. The minimum Gasteiger partial charge on any atom is -0.492 e. The minimum absolute atomic E-state index is 0.152. The first-order valence-corrected chi connectivity index (χ1v) is 11.1. The van der Waals surface area contributed by atoms with Crippen molar-refractivity contribution in [1.29, 1.82) is 0 Å². The molecule has 0 saturated carbocycles. The maximum Gasteiger partial charge on any atom is 0.266 e. The van der Waals surface area contributed by atoms with E-state index in [9.17, 15) is 4.79 Å². The molecule has 31 heavy (non-hydrogen) atoms. The minimum atomic E-state index is -0.196. The summed E-state index contributed by atoms with van der Waals surface area (Å²) in [5.41, 5.74) is 1.14. The van der Waals surface area contributed by atoms with E-state index in [0.29, 0.717) is 45.8 Å². The van der Waals surface area contributed by atoms with Crippen molar-refractivity contribution in [2.45, 2.75) is 44.0 Å². The van der Waals surface area contributed by atoms with Gasteiger partial charge >= 0.3 is 0 Å². The molecule has 0 aliphatic carbocycles. The fourth-order valence-corrected chi connectivity index (χ4v) is 4.13. The molecule has 8 heteroatoms. The third kappa shape index (κ3) is 4.20. The second-order valence-electron chi connectivity index (χ2n) is 7.36. The van der Waals surface area contributed by atoms with Crippen molar-refractivity contribution in [2.24, 2.45) is 0 Å². The second kappa shape index (κ2) is 8.93. The highest BCUT2D eigenvalue weighted by Crippen LogP contribution is 2.35. The van der Waals surface area contributed by atoms with Crippen molar-refractivity contribution < 1.29 is 9.26 Å². The van der Waals surface area contributed by atoms with Gasteiger partial charge in [0.2, 0.25) is 5.89 Å². The van der Waals surface area contributed by atoms with E-state index in [1.807, 2.05) is 70.2 Å². The van der Waals surface area contributed by atoms with E-state index >= 15 is 0 Å². The highest BCUT2D eigenvalue weighted by atomic mass is 32.2. The lowest BCUT2D eigenvalue weighted by Crippen LogP contribution is -2.22. The van der Waals surface area contributed by atoms with Gasteiger partial charge in [0.1, 0.15) is 5.75 Å². The Labute approximate surface area is 184 Å². The Morgan fingerprint density at radius 3 is 2.55 bits per heavy atom. The van der Waals surface area contributed by atoms with Gasteiger partial charge in [-0.25, -0.2) is 4.98 Å². The number of thioether (sulfide) groups is 1. The molecule has 0 amide bonds. The number of aromatic nitrogens is 4. The van der Waals surface area contributed by atoms with Crippen LogP contribution in [0.1, 0.15) is 50.6 Å². The predicted octanol–water partition coefficient (Wildman–Crippen LogP) is 5.14. The molecule has 0 bridgehead atoms. The van der Waals surface area contributed by atoms with Crippen LogP contribution >= 0.6 is 11.8 Å². The van der Waals surface area contributed by atoms with Crippen molar-refractivity contribution in [3.63, 3.8) is 0 Å². The number of ether oxygens (including phenoxy) is 1. The topological polar surface area (TPSA) is 83.0 Å². The molecule has 2 heterocycles. The Morgan fingerprint density at radius 2 is 1.81 bits per heavy atom. The van der Waals surface area contributed by atoms with Crippen molar-refractivity contribution >= 4 is 22.7 Å². The lowest BCUT2D eigenvalue weighted by Gasteiger charge is -2.17. The molecule has 0 spiro atoms. The monoisotopic (exact) mass is 436 g/mol. The fraction of sp³-hybridized carbons (Fsp3) is 0.304. The molecule has 0 saturated heterocycles. The zero-order valence-corrected chi connectivity index (χ0v) is 18.7. The van der Waals surface area contributed by atoms with Crippen LogP contribution in [0.15, 0.2) is 63.0 Å². The van der Waals surface area contributed by atoms with Crippen molar-refractivity contribution in [2.75, 3.05) is 6.61 Å². The van der Waals surface area contributed by atoms with E-state index in [1.54, 1.807) is 10.6 Å². The summed E-state index contributed by atoms with van der Waals surface area (Å²) >= 11 is 1.40. The summed E-state index contributed by atoms with van der Waals surface area (Å²) < 4.78 is 12.9. The fourth-order valence-electron chi connectivity index (χ4n) is 3.18. The number of hydrogen-bond donors (Lipinski definition) is 0. The second-order valence-corrected chi connectivity index (χ2v) is 8.67. The molecule has 0 radical (unpaired) electrons. The first-order valence-electron chi connectivity index (χ1n) is 10.2. The molecular formula is C23H24N4O3S. The van der Waals surface area contributed by atoms with E-state index in [1.165, 1.54) is 11.8 Å². The highest BCUT2D eigenvalue weighted by molar-refractivity contribution is 7.99. The van der Waals surface area contributed by atoms with Gasteiger partial charge in [-0.05, 0) is 38.1 Å². The smallest absolute Gasteiger partial charge is 0.266 e. The molecule has 0 aliphatic rings. The van der Waals surface area contributed by atoms with Crippen LogP contribution in [0.4, 0.5) is 0 Å². The maximum atomic E-state index is 13.5. The average Bonchev–Trinajstić information content (AvgIpc) is 3.26. The van der Waals surface area contributed by atoms with Crippen molar-refractivity contribution in [3.05, 3.63) is 70.6 Å². The summed E-state index contributed by atoms with van der Waals surface area (Å²) in [7, 11) is 0. The van der Waals surface area contributed by atoms with Gasteiger partial charge in [-0.1, -0.05) is 55.0 Å². The van der Waals surface area contributed by atoms with Crippen LogP contribution in [0.2, 0.25) is 0 Å². The molecule has 0 unspecified atom stereocenters. The molecular weight excluding hydrogens is 412 g/mol. The lowest BCUT2D eigenvalue weighted by molar-refractivity contribution is 0.338. The van der Waals surface area contributed by atoms with E-state index in [0.717, 1.165) is 0 Å². The summed E-state index contributed by atoms with van der Waals surface area (Å²) in [5, 5.41) is 4.94. The summed E-state index contributed by atoms with van der Waals surface area (Å²) in [4.78, 5) is 22.8. The first-order chi connectivity index (χ1) is 15.0. The number of benzene rings is 2. The molecule has 2 aromatic heterocycles. The molecule has 1 atom stereocenters. The van der Waals surface area contributed by atoms with Gasteiger partial charge in [0.05, 0.1) is 28.4 Å². The predicted molar refractivity (Wildman–Crippen MR) is 121 cm³/mol. The maximum absolute atomic E-state index is 13.5. The average molecular weight is 437 g/mol. The van der Waals surface area contributed by atoms with Crippen LogP contribution in [-0.2, 0) is 0 Å². The van der Waals surface area contributed by atoms with Gasteiger partial charge in [-0.2, -0.15) is 4.98 Å². The Kier molecular flexibility index (Phi) is 6.08. The Balaban J connectivity index is 1.86. The van der Waals surface area contributed by atoms with E-state index < -0.39 is 0 Å². The van der Waals surface area contributed by atoms with E-state index in [4.69, 9.17) is 14.2 Å². The molecule has 160 valence electrons. The van der Waals surface area contributed by atoms with Crippen LogP contribution < -0.4 is 10.3 Å². The normalized spacial score (nSPS) is 12.4. The van der Waals surface area contributed by atoms with Gasteiger partial charge in [0, 0.05) is 5.92 Å². The largest absolute Gasteiger partial charge is 0.492 e. The number of para-hydroxylation sites is 3. The molecule has 0 N–H and O–H groups in total. The van der Waals surface area contributed by atoms with Crippen LogP contribution in [0.25, 0.3) is 16.6 Å². The van der Waals surface area contributed by atoms with E-state index in [-0.39, 0.29) is 16.7 Å². The quantitative estimate of drug-likeness (QED) is 0.293. The van der Waals surface area contributed by atoms with Crippen LogP contribution in [0.5, 0.6) is 5.75 Å². The Morgan fingerprint density at radius 1 is 1.06 bits per heavy atom. The Hall–Kier alpha value is -3.13. The molecule has 4 rings (SSSR count). The summed E-state index contributed by atoms with van der Waals surface area (Å²) in [5.74, 6) is 1.96. The molecule has 7 nitrogen and oxygen atoms in total. The van der Waals surface area contributed by atoms with Crippen molar-refractivity contribution in [1.82, 2.24) is 19.7 Å². The summed E-state index contributed by atoms with van der Waals surface area (Å²) in [6.07, 6.45) is 0. The number of nitrogens with zero attached hydrogens (tertiary/aromatic N) is 4. The van der Waals surface area contributed by atoms with Crippen molar-refractivity contribution in [3.8, 4) is 11.4 Å². The standard InChI is InChI=1S/C23H24N4O3S/c1-5-29-19-13-9-8-12-18(19)27-22(28)16-10-6-7-11-17(16)24-23(27)31-15(4)21-25-20(14(2)3)26-30-21/h6-15H,5H2,1-4H3/t15-/m1/s1. The van der Waals surface area contributed by atoms with Gasteiger partial charge in [0.15, 0.2) is 11.0 Å². The number of fused-ring (bicyclic) bond motifs is 1. The van der Waals surface area contributed by atoms with Crippen LogP contribution in [0, 0.1) is 0 Å². The third-order valence-electron chi connectivity index (χ3n) is 4.75. The van der Waals surface area contributed by atoms with Gasteiger partial charge in [-0.15, -0.1) is 0 Å². The molecule has 4 aromatic rings. The SMILES string of the molecule is CCOc1ccccc1-n1c(S[C@H](C)c2nc(C(C)C)no2)nc2ccccc2c1=O. The zero-order chi connectivity index (χ0) is 22.0. The molecule has 2 aromatic carbocycles.